The number of anilines is 1. The van der Waals surface area contributed by atoms with E-state index in [1.807, 2.05) is 25.1 Å². The third kappa shape index (κ3) is 2.80. The van der Waals surface area contributed by atoms with Gasteiger partial charge in [0.25, 0.3) is 0 Å². The number of Topliss-reactive ketones (excluding diaryl/α,β-unsaturated/α-hetero) is 2. The third-order valence-electron chi connectivity index (χ3n) is 3.51. The zero-order valence-corrected chi connectivity index (χ0v) is 14.0. The second-order valence-corrected chi connectivity index (χ2v) is 5.74. The second kappa shape index (κ2) is 6.38. The summed E-state index contributed by atoms with van der Waals surface area (Å²) in [4.78, 5) is 25.1. The maximum absolute atomic E-state index is 12.7. The van der Waals surface area contributed by atoms with Gasteiger partial charge in [0.2, 0.25) is 11.6 Å². The van der Waals surface area contributed by atoms with Gasteiger partial charge in [0.15, 0.2) is 0 Å². The minimum atomic E-state index is -0.224. The lowest BCUT2D eigenvalue weighted by Crippen LogP contribution is -2.24. The van der Waals surface area contributed by atoms with E-state index in [0.717, 1.165) is 0 Å². The predicted octanol–water partition coefficient (Wildman–Crippen LogP) is 4.18. The Labute approximate surface area is 142 Å². The predicted molar refractivity (Wildman–Crippen MR) is 92.3 cm³/mol. The Morgan fingerprint density at radius 2 is 1.57 bits per heavy atom. The van der Waals surface area contributed by atoms with Gasteiger partial charge < -0.3 is 10.1 Å². The maximum Gasteiger partial charge on any atom is 0.211 e. The quantitative estimate of drug-likeness (QED) is 0.875. The second-order valence-electron chi connectivity index (χ2n) is 4.95. The molecule has 1 aliphatic rings. The van der Waals surface area contributed by atoms with Crippen LogP contribution in [-0.2, 0) is 0 Å². The number of ether oxygens (including phenoxy) is 1. The minimum absolute atomic E-state index is 0.211. The number of halogens is 1. The summed E-state index contributed by atoms with van der Waals surface area (Å²) in [7, 11) is 0. The van der Waals surface area contributed by atoms with Crippen molar-refractivity contribution in [3.8, 4) is 5.75 Å². The fraction of sp³-hybridized carbons (Fsp3) is 0.111. The molecule has 0 radical (unpaired) electrons. The molecule has 0 saturated carbocycles. The van der Waals surface area contributed by atoms with Gasteiger partial charge in [0, 0.05) is 11.1 Å². The Hall–Kier alpha value is -2.40. The van der Waals surface area contributed by atoms with E-state index in [1.165, 1.54) is 0 Å². The summed E-state index contributed by atoms with van der Waals surface area (Å²) in [6, 6.07) is 14.1. The normalized spacial score (nSPS) is 13.8. The van der Waals surface area contributed by atoms with Crippen LogP contribution in [-0.4, -0.2) is 18.2 Å². The molecule has 0 aromatic heterocycles. The molecule has 1 aliphatic carbocycles. The first-order valence-corrected chi connectivity index (χ1v) is 7.99. The molecule has 23 heavy (non-hydrogen) atoms. The smallest absolute Gasteiger partial charge is 0.211 e. The van der Waals surface area contributed by atoms with Crippen LogP contribution in [0.25, 0.3) is 0 Å². The fourth-order valence-corrected chi connectivity index (χ4v) is 2.94. The molecule has 5 heteroatoms. The highest BCUT2D eigenvalue weighted by atomic mass is 79.9. The summed E-state index contributed by atoms with van der Waals surface area (Å²) in [6.45, 7) is 2.39. The van der Waals surface area contributed by atoms with Crippen LogP contribution in [0.5, 0.6) is 5.75 Å². The van der Waals surface area contributed by atoms with Crippen LogP contribution < -0.4 is 10.1 Å². The highest BCUT2D eigenvalue weighted by Crippen LogP contribution is 2.33. The van der Waals surface area contributed by atoms with Crippen molar-refractivity contribution in [2.45, 2.75) is 6.92 Å². The number of nitrogens with one attached hydrogen (secondary N) is 1. The van der Waals surface area contributed by atoms with E-state index in [0.29, 0.717) is 29.2 Å². The van der Waals surface area contributed by atoms with E-state index in [1.54, 1.807) is 30.3 Å². The molecule has 1 N–H and O–H groups in total. The van der Waals surface area contributed by atoms with Gasteiger partial charge in [-0.25, -0.2) is 0 Å². The standard InChI is InChI=1S/C18H14BrNO3/c1-2-23-14-10-6-5-9-13(14)20-16-15(19)17(21)11-7-3-4-8-12(11)18(16)22/h3-10,20H,2H2,1H3. The van der Waals surface area contributed by atoms with Gasteiger partial charge >= 0.3 is 0 Å². The SMILES string of the molecule is CCOc1ccccc1NC1=C(Br)C(=O)c2ccccc2C1=O. The monoisotopic (exact) mass is 371 g/mol. The minimum Gasteiger partial charge on any atom is -0.492 e. The summed E-state index contributed by atoms with van der Waals surface area (Å²) in [5, 5.41) is 3.04. The summed E-state index contributed by atoms with van der Waals surface area (Å²) in [5.74, 6) is 0.192. The topological polar surface area (TPSA) is 55.4 Å². The Morgan fingerprint density at radius 1 is 0.957 bits per heavy atom. The van der Waals surface area contributed by atoms with Crippen molar-refractivity contribution >= 4 is 33.2 Å². The van der Waals surface area contributed by atoms with Crippen molar-refractivity contribution in [1.29, 1.82) is 0 Å². The molecular weight excluding hydrogens is 358 g/mol. The van der Waals surface area contributed by atoms with Gasteiger partial charge in [0.1, 0.15) is 11.4 Å². The van der Waals surface area contributed by atoms with Crippen molar-refractivity contribution in [3.05, 3.63) is 69.8 Å². The Morgan fingerprint density at radius 3 is 2.26 bits per heavy atom. The lowest BCUT2D eigenvalue weighted by atomic mass is 9.92. The molecule has 2 aromatic carbocycles. The summed E-state index contributed by atoms with van der Waals surface area (Å²) < 4.78 is 5.78. The Bertz CT molecular complexity index is 827. The molecule has 2 aromatic rings. The molecule has 0 heterocycles. The van der Waals surface area contributed by atoms with E-state index in [2.05, 4.69) is 21.2 Å². The number of para-hydroxylation sites is 2. The first-order valence-electron chi connectivity index (χ1n) is 7.20. The number of rotatable bonds is 4. The average molecular weight is 372 g/mol. The number of carbonyl (C=O) groups is 2. The van der Waals surface area contributed by atoms with E-state index < -0.39 is 0 Å². The van der Waals surface area contributed by atoms with Gasteiger partial charge in [-0.2, -0.15) is 0 Å². The van der Waals surface area contributed by atoms with E-state index in [4.69, 9.17) is 4.74 Å². The first-order chi connectivity index (χ1) is 11.1. The van der Waals surface area contributed by atoms with E-state index in [-0.39, 0.29) is 21.7 Å². The maximum atomic E-state index is 12.7. The number of carbonyl (C=O) groups excluding carboxylic acids is 2. The Kier molecular flexibility index (Phi) is 4.30. The fourth-order valence-electron chi connectivity index (χ4n) is 2.44. The highest BCUT2D eigenvalue weighted by Gasteiger charge is 2.31. The van der Waals surface area contributed by atoms with Crippen molar-refractivity contribution in [2.75, 3.05) is 11.9 Å². The van der Waals surface area contributed by atoms with Crippen LogP contribution in [0, 0.1) is 0 Å². The molecular formula is C18H14BrNO3. The van der Waals surface area contributed by atoms with Gasteiger partial charge in [-0.05, 0) is 35.0 Å². The summed E-state index contributed by atoms with van der Waals surface area (Å²) in [6.07, 6.45) is 0. The zero-order chi connectivity index (χ0) is 16.4. The number of benzene rings is 2. The van der Waals surface area contributed by atoms with Crippen LogP contribution in [0.3, 0.4) is 0 Å². The molecule has 116 valence electrons. The first kappa shape index (κ1) is 15.5. The molecule has 3 rings (SSSR count). The number of ketones is 2. The van der Waals surface area contributed by atoms with Crippen LogP contribution in [0.1, 0.15) is 27.6 Å². The van der Waals surface area contributed by atoms with Crippen molar-refractivity contribution < 1.29 is 14.3 Å². The summed E-state index contributed by atoms with van der Waals surface area (Å²) in [5.41, 5.74) is 1.67. The lowest BCUT2D eigenvalue weighted by Gasteiger charge is -2.20. The van der Waals surface area contributed by atoms with Crippen molar-refractivity contribution in [1.82, 2.24) is 0 Å². The molecule has 0 aliphatic heterocycles. The van der Waals surface area contributed by atoms with Crippen LogP contribution in [0.2, 0.25) is 0 Å². The van der Waals surface area contributed by atoms with Gasteiger partial charge in [-0.1, -0.05) is 36.4 Å². The molecule has 0 bridgehead atoms. The third-order valence-corrected chi connectivity index (χ3v) is 4.27. The highest BCUT2D eigenvalue weighted by molar-refractivity contribution is 9.12. The Balaban J connectivity index is 2.02. The summed E-state index contributed by atoms with van der Waals surface area (Å²) >= 11 is 3.26. The molecule has 0 amide bonds. The number of allylic oxidation sites excluding steroid dienone is 2. The van der Waals surface area contributed by atoms with Crippen LogP contribution in [0.15, 0.2) is 58.7 Å². The van der Waals surface area contributed by atoms with Crippen LogP contribution >= 0.6 is 15.9 Å². The van der Waals surface area contributed by atoms with Gasteiger partial charge in [-0.15, -0.1) is 0 Å². The number of hydrogen-bond acceptors (Lipinski definition) is 4. The molecule has 0 unspecified atom stereocenters. The lowest BCUT2D eigenvalue weighted by molar-refractivity contribution is 0.0983. The molecule has 4 nitrogen and oxygen atoms in total. The van der Waals surface area contributed by atoms with Gasteiger partial charge in [0.05, 0.1) is 16.8 Å². The largest absolute Gasteiger partial charge is 0.492 e. The van der Waals surface area contributed by atoms with Crippen molar-refractivity contribution in [3.63, 3.8) is 0 Å². The average Bonchev–Trinajstić information content (AvgIpc) is 2.58. The van der Waals surface area contributed by atoms with E-state index >= 15 is 0 Å². The van der Waals surface area contributed by atoms with Crippen LogP contribution in [0.4, 0.5) is 5.69 Å². The van der Waals surface area contributed by atoms with E-state index in [9.17, 15) is 9.59 Å². The molecule has 0 atom stereocenters. The molecule has 0 saturated heterocycles. The van der Waals surface area contributed by atoms with Gasteiger partial charge in [-0.3, -0.25) is 9.59 Å². The zero-order valence-electron chi connectivity index (χ0n) is 12.4. The number of fused-ring (bicyclic) bond motifs is 1. The number of hydrogen-bond donors (Lipinski definition) is 1. The molecule has 0 fully saturated rings. The molecule has 0 spiro atoms. The van der Waals surface area contributed by atoms with Crippen molar-refractivity contribution in [2.24, 2.45) is 0 Å².